The van der Waals surface area contributed by atoms with E-state index in [1.807, 2.05) is 0 Å². The van der Waals surface area contributed by atoms with E-state index in [0.717, 1.165) is 89.4 Å². The molecule has 12 nitrogen and oxygen atoms in total. The van der Waals surface area contributed by atoms with Crippen LogP contribution in [0.2, 0.25) is 0 Å². The fourth-order valence-corrected chi connectivity index (χ4v) is 10.4. The molecule has 2 saturated heterocycles. The van der Waals surface area contributed by atoms with Crippen molar-refractivity contribution in [2.75, 3.05) is 0 Å². The van der Waals surface area contributed by atoms with Gasteiger partial charge < -0.3 is 20.6 Å². The highest BCUT2D eigenvalue weighted by Gasteiger charge is 2.39. The smallest absolute Gasteiger partial charge is 0.292 e. The van der Waals surface area contributed by atoms with E-state index in [0.29, 0.717) is 0 Å². The Morgan fingerprint density at radius 3 is 1.17 bits per heavy atom. The molecule has 8 bridgehead atoms. The number of imidazole rings is 4. The quantitative estimate of drug-likeness (QED) is 0.141. The number of hydrogen-bond acceptors (Lipinski definition) is 2. The number of hydrogen-bond donors (Lipinski definition) is 4. The Labute approximate surface area is 354 Å². The van der Waals surface area contributed by atoms with Gasteiger partial charge in [0.15, 0.2) is 0 Å². The Bertz CT molecular complexity index is 2460. The summed E-state index contributed by atoms with van der Waals surface area (Å²) < 4.78 is 19.4. The molecule has 2 fully saturated rings. The van der Waals surface area contributed by atoms with Crippen molar-refractivity contribution in [3.8, 4) is 0 Å². The average Bonchev–Trinajstić information content (AvgIpc) is 4.13. The Kier molecular flexibility index (Phi) is 10.8. The number of nitrogens with zero attached hydrogens (tertiary/aromatic N) is 8. The summed E-state index contributed by atoms with van der Waals surface area (Å²) in [4.78, 5) is 8.24. The van der Waals surface area contributed by atoms with Crippen LogP contribution in [0.5, 0.6) is 0 Å². The van der Waals surface area contributed by atoms with Gasteiger partial charge >= 0.3 is 0 Å². The van der Waals surface area contributed by atoms with Crippen LogP contribution in [0.1, 0.15) is 116 Å². The normalized spacial score (nSPS) is 18.0. The Hall–Kier alpha value is -5.78. The lowest BCUT2D eigenvalue weighted by Gasteiger charge is -2.18. The third-order valence-electron chi connectivity index (χ3n) is 13.4. The van der Waals surface area contributed by atoms with Gasteiger partial charge in [-0.05, 0) is 105 Å². The van der Waals surface area contributed by atoms with Crippen LogP contribution in [0.4, 0.5) is 0 Å². The molecule has 9 heterocycles. The third kappa shape index (κ3) is 6.41. The van der Waals surface area contributed by atoms with Crippen molar-refractivity contribution in [3.63, 3.8) is 0 Å². The maximum atomic E-state index is 4.23. The molecule has 6 aromatic heterocycles. The van der Waals surface area contributed by atoms with E-state index in [2.05, 4.69) is 186 Å². The number of rotatable bonds is 12. The maximum absolute atomic E-state index is 4.23. The standard InChI is InChI=1S/C48H63N12/c1-9-53-25-26-54(10-2)45(53)41-33-17-19-35(49-33)42(46-55(11-3)27-28-56(46)12-4)37-21-23-39(51-37)44(48-59(15-7)31-32-60(48)16-8)40-24-22-38(52-40)43(36-20-18-34(41)50-36)47-57(13-5)29-30-58(47)14-6/h17,19,22,24-32,34,37,52H,9-16,18,20-21,23H2,1-8H3/q+1/p+3. The third-order valence-corrected chi connectivity index (χ3v) is 13.4. The summed E-state index contributed by atoms with van der Waals surface area (Å²) in [7, 11) is 0. The molecular weight excluding hydrogens is 745 g/mol. The lowest BCUT2D eigenvalue weighted by atomic mass is 10.0. The molecule has 3 aliphatic rings. The highest BCUT2D eigenvalue weighted by molar-refractivity contribution is 5.82. The van der Waals surface area contributed by atoms with Gasteiger partial charge in [-0.3, -0.25) is 0 Å². The van der Waals surface area contributed by atoms with Gasteiger partial charge in [0.2, 0.25) is 0 Å². The van der Waals surface area contributed by atoms with Crippen LogP contribution >= 0.6 is 0 Å². The van der Waals surface area contributed by atoms with Crippen LogP contribution < -0.4 is 39.6 Å². The van der Waals surface area contributed by atoms with E-state index < -0.39 is 0 Å². The monoisotopic (exact) mass is 811 g/mol. The summed E-state index contributed by atoms with van der Waals surface area (Å²) in [6, 6.07) is 9.57. The van der Waals surface area contributed by atoms with E-state index in [-0.39, 0.29) is 12.1 Å². The molecule has 0 aromatic carbocycles. The van der Waals surface area contributed by atoms with Gasteiger partial charge in [0.25, 0.3) is 23.3 Å². The van der Waals surface area contributed by atoms with Crippen molar-refractivity contribution in [2.24, 2.45) is 0 Å². The maximum Gasteiger partial charge on any atom is 0.292 e. The summed E-state index contributed by atoms with van der Waals surface area (Å²) in [6.07, 6.45) is 21.9. The van der Waals surface area contributed by atoms with Crippen molar-refractivity contribution in [1.29, 1.82) is 0 Å². The highest BCUT2D eigenvalue weighted by Crippen LogP contribution is 2.37. The summed E-state index contributed by atoms with van der Waals surface area (Å²) in [5.41, 5.74) is 9.98. The lowest BCUT2D eigenvalue weighted by molar-refractivity contribution is -0.695. The van der Waals surface area contributed by atoms with E-state index in [4.69, 9.17) is 0 Å². The lowest BCUT2D eigenvalue weighted by Crippen LogP contribution is -2.43. The molecule has 0 saturated carbocycles. The van der Waals surface area contributed by atoms with Crippen molar-refractivity contribution in [3.05, 3.63) is 131 Å². The Morgan fingerprint density at radius 1 is 0.467 bits per heavy atom. The van der Waals surface area contributed by atoms with E-state index in [1.54, 1.807) is 0 Å². The first kappa shape index (κ1) is 39.7. The fourth-order valence-electron chi connectivity index (χ4n) is 10.4. The van der Waals surface area contributed by atoms with Gasteiger partial charge in [-0.2, -0.15) is 0 Å². The molecule has 0 aliphatic carbocycles. The van der Waals surface area contributed by atoms with Crippen LogP contribution in [0.15, 0.2) is 85.2 Å². The molecule has 2 atom stereocenters. The minimum Gasteiger partial charge on any atom is -0.380 e. The minimum absolute atomic E-state index is 0.0912. The second-order valence-electron chi connectivity index (χ2n) is 16.4. The first-order chi connectivity index (χ1) is 29.4. The Balaban J connectivity index is 1.41. The minimum atomic E-state index is 0.0912. The van der Waals surface area contributed by atoms with E-state index in [1.165, 1.54) is 67.7 Å². The molecular formula is C48H66N12+4. The largest absolute Gasteiger partial charge is 0.380 e. The second-order valence-corrected chi connectivity index (χ2v) is 16.4. The van der Waals surface area contributed by atoms with Crippen LogP contribution in [0.3, 0.4) is 0 Å². The van der Waals surface area contributed by atoms with Crippen LogP contribution in [-0.4, -0.2) is 40.3 Å². The zero-order valence-corrected chi connectivity index (χ0v) is 37.1. The predicted octanol–water partition coefficient (Wildman–Crippen LogP) is 3.99. The number of allylic oxidation sites excluding steroid dienone is 2. The van der Waals surface area contributed by atoms with Gasteiger partial charge in [-0.15, -0.1) is 0 Å². The summed E-state index contributed by atoms with van der Waals surface area (Å²) in [6.45, 7) is 25.2. The average molecular weight is 811 g/mol. The molecule has 2 unspecified atom stereocenters. The van der Waals surface area contributed by atoms with E-state index in [9.17, 15) is 0 Å². The molecule has 0 radical (unpaired) electrons. The van der Waals surface area contributed by atoms with Crippen molar-refractivity contribution >= 4 is 22.3 Å². The topological polar surface area (TPSA) is 90.9 Å². The SMILES string of the molecule is CCn1cc[n+](CC)c1C1=C2CCC(N2)C(c2n(CC)cc[n+]2CC)=c2ccc([nH]2)=C(c2n(CC)cc[n+]2CC)C2CCC(=C(c3n(CC)cc[n+]3CC)c3ccc1[nH]3)N2. The first-order valence-corrected chi connectivity index (χ1v) is 22.9. The Morgan fingerprint density at radius 2 is 0.817 bits per heavy atom. The van der Waals surface area contributed by atoms with Crippen molar-refractivity contribution < 1.29 is 18.3 Å². The van der Waals surface area contributed by atoms with Crippen LogP contribution in [-0.2, 0) is 52.4 Å². The molecule has 0 amide bonds. The van der Waals surface area contributed by atoms with E-state index >= 15 is 0 Å². The summed E-state index contributed by atoms with van der Waals surface area (Å²) in [5.74, 6) is 4.99. The molecule has 4 N–H and O–H groups in total. The van der Waals surface area contributed by atoms with Gasteiger partial charge in [-0.25, -0.2) is 36.5 Å². The van der Waals surface area contributed by atoms with Gasteiger partial charge in [0.05, 0.1) is 97.7 Å². The molecule has 0 spiro atoms. The van der Waals surface area contributed by atoms with Gasteiger partial charge in [0.1, 0.15) is 60.7 Å². The van der Waals surface area contributed by atoms with Crippen molar-refractivity contribution in [2.45, 2.75) is 146 Å². The van der Waals surface area contributed by atoms with Gasteiger partial charge in [-0.1, -0.05) is 0 Å². The number of fused-ring (bicyclic) bond motifs is 8. The number of aromatic nitrogens is 10. The molecule has 12 heteroatoms. The number of H-pyrrole nitrogens is 2. The molecule has 314 valence electrons. The second kappa shape index (κ2) is 16.3. The fraction of sp³-hybridized carbons (Fsp3) is 0.458. The molecule has 60 heavy (non-hydrogen) atoms. The molecule has 9 rings (SSSR count). The van der Waals surface area contributed by atoms with Crippen LogP contribution in [0, 0.1) is 0 Å². The highest BCUT2D eigenvalue weighted by atomic mass is 15.2. The molecule has 3 aliphatic heterocycles. The first-order valence-electron chi connectivity index (χ1n) is 22.9. The van der Waals surface area contributed by atoms with Gasteiger partial charge in [0, 0.05) is 11.4 Å². The zero-order chi connectivity index (χ0) is 41.7. The number of nitrogens with one attached hydrogen (secondary N) is 4. The number of aromatic amines is 2. The summed E-state index contributed by atoms with van der Waals surface area (Å²) >= 11 is 0. The molecule has 6 aromatic rings. The van der Waals surface area contributed by atoms with Crippen LogP contribution in [0.25, 0.3) is 22.3 Å². The predicted molar refractivity (Wildman–Crippen MR) is 234 cm³/mol. The number of aryl methyl sites for hydroxylation is 8. The zero-order valence-electron chi connectivity index (χ0n) is 37.1. The van der Waals surface area contributed by atoms with Crippen molar-refractivity contribution in [1.82, 2.24) is 38.9 Å². The summed E-state index contributed by atoms with van der Waals surface area (Å²) in [5, 5.41) is 10.8.